The molecule has 4 rings (SSSR count). The summed E-state index contributed by atoms with van der Waals surface area (Å²) in [5.41, 5.74) is 1.37. The second kappa shape index (κ2) is 9.88. The number of H-pyrrole nitrogens is 2. The third kappa shape index (κ3) is 5.30. The van der Waals surface area contributed by atoms with Gasteiger partial charge < -0.3 is 9.72 Å². The van der Waals surface area contributed by atoms with E-state index in [1.165, 1.54) is 17.8 Å². The molecule has 0 radical (unpaired) electrons. The van der Waals surface area contributed by atoms with Gasteiger partial charge >= 0.3 is 5.69 Å². The Labute approximate surface area is 192 Å². The molecule has 2 aromatic heterocycles. The summed E-state index contributed by atoms with van der Waals surface area (Å²) in [5, 5.41) is 10.1. The normalized spacial score (nSPS) is 10.9. The van der Waals surface area contributed by atoms with Crippen molar-refractivity contribution in [2.45, 2.75) is 24.3 Å². The Balaban J connectivity index is 1.68. The maximum atomic E-state index is 11.7. The molecule has 164 valence electrons. The van der Waals surface area contributed by atoms with Crippen LogP contribution in [0.1, 0.15) is 24.0 Å². The van der Waals surface area contributed by atoms with Crippen molar-refractivity contribution < 1.29 is 4.74 Å². The van der Waals surface area contributed by atoms with Crippen LogP contribution >= 0.6 is 23.4 Å². The fraction of sp³-hybridized carbons (Fsp3) is 0.182. The fourth-order valence-corrected chi connectivity index (χ4v) is 4.19. The molecule has 0 aliphatic carbocycles. The van der Waals surface area contributed by atoms with E-state index in [1.807, 2.05) is 60.0 Å². The quantitative estimate of drug-likeness (QED) is 0.382. The van der Waals surface area contributed by atoms with E-state index in [-0.39, 0.29) is 6.42 Å². The number of thioether (sulfide) groups is 1. The zero-order valence-electron chi connectivity index (χ0n) is 17.2. The highest BCUT2D eigenvalue weighted by Gasteiger charge is 2.16. The van der Waals surface area contributed by atoms with Crippen molar-refractivity contribution in [1.82, 2.24) is 24.7 Å². The minimum Gasteiger partial charge on any atom is -0.494 e. The summed E-state index contributed by atoms with van der Waals surface area (Å²) in [6, 6.07) is 16.6. The smallest absolute Gasteiger partial charge is 0.325 e. The Kier molecular flexibility index (Phi) is 6.77. The van der Waals surface area contributed by atoms with Crippen molar-refractivity contribution in [3.63, 3.8) is 0 Å². The monoisotopic (exact) mass is 469 g/mol. The molecule has 0 unspecified atom stereocenters. The summed E-state index contributed by atoms with van der Waals surface area (Å²) >= 11 is 7.51. The molecular formula is C22H20ClN5O3S. The second-order valence-electron chi connectivity index (χ2n) is 6.87. The topological polar surface area (TPSA) is 106 Å². The first kappa shape index (κ1) is 21.9. The highest BCUT2D eigenvalue weighted by Crippen LogP contribution is 2.27. The number of hydrogen-bond acceptors (Lipinski definition) is 6. The van der Waals surface area contributed by atoms with Crippen LogP contribution in [-0.4, -0.2) is 31.3 Å². The molecule has 0 saturated heterocycles. The van der Waals surface area contributed by atoms with Crippen molar-refractivity contribution in [3.05, 3.63) is 97.5 Å². The Hall–Kier alpha value is -3.30. The van der Waals surface area contributed by atoms with E-state index >= 15 is 0 Å². The van der Waals surface area contributed by atoms with Gasteiger partial charge in [0, 0.05) is 34.6 Å². The predicted molar refractivity (Wildman–Crippen MR) is 124 cm³/mol. The highest BCUT2D eigenvalue weighted by atomic mass is 35.5. The van der Waals surface area contributed by atoms with Crippen molar-refractivity contribution >= 4 is 23.4 Å². The fourth-order valence-electron chi connectivity index (χ4n) is 3.14. The third-order valence-corrected chi connectivity index (χ3v) is 5.80. The van der Waals surface area contributed by atoms with Crippen molar-refractivity contribution in [3.8, 4) is 11.4 Å². The number of hydrogen-bond donors (Lipinski definition) is 2. The zero-order valence-corrected chi connectivity index (χ0v) is 18.7. The predicted octanol–water partition coefficient (Wildman–Crippen LogP) is 3.58. The molecule has 8 nitrogen and oxygen atoms in total. The van der Waals surface area contributed by atoms with Gasteiger partial charge in [-0.25, -0.2) is 4.79 Å². The standard InChI is InChI=1S/C22H20ClN5O3S/c1-2-31-18-9-7-17(8-10-18)28-19(11-16-12-20(29)25-21(30)24-16)26-27-22(28)32-13-14-3-5-15(23)6-4-14/h3-10,12H,2,11,13H2,1H3,(H2,24,25,29,30). The summed E-state index contributed by atoms with van der Waals surface area (Å²) in [7, 11) is 0. The number of aromatic amines is 2. The summed E-state index contributed by atoms with van der Waals surface area (Å²) in [6.07, 6.45) is 0.237. The zero-order chi connectivity index (χ0) is 22.5. The SMILES string of the molecule is CCOc1ccc(-n2c(Cc3cc(=O)[nH]c(=O)[nH]3)nnc2SCc2ccc(Cl)cc2)cc1. The third-order valence-electron chi connectivity index (χ3n) is 4.55. The Morgan fingerprint density at radius 1 is 1.03 bits per heavy atom. The number of aromatic nitrogens is 5. The molecule has 2 N–H and O–H groups in total. The first-order valence-electron chi connectivity index (χ1n) is 9.89. The van der Waals surface area contributed by atoms with Crippen LogP contribution in [0.4, 0.5) is 0 Å². The number of rotatable bonds is 8. The average molecular weight is 470 g/mol. The number of nitrogens with one attached hydrogen (secondary N) is 2. The number of halogens is 1. The molecule has 0 bridgehead atoms. The van der Waals surface area contributed by atoms with Gasteiger partial charge in [-0.15, -0.1) is 10.2 Å². The van der Waals surface area contributed by atoms with Crippen molar-refractivity contribution in [2.24, 2.45) is 0 Å². The summed E-state index contributed by atoms with van der Waals surface area (Å²) < 4.78 is 7.45. The number of benzene rings is 2. The Bertz CT molecular complexity index is 1280. The number of ether oxygens (including phenoxy) is 1. The summed E-state index contributed by atoms with van der Waals surface area (Å²) in [5.74, 6) is 2.03. The van der Waals surface area contributed by atoms with Crippen LogP contribution in [0.3, 0.4) is 0 Å². The van der Waals surface area contributed by atoms with E-state index in [0.29, 0.717) is 34.1 Å². The van der Waals surface area contributed by atoms with Crippen LogP contribution < -0.4 is 16.0 Å². The van der Waals surface area contributed by atoms with Crippen LogP contribution in [-0.2, 0) is 12.2 Å². The van der Waals surface area contributed by atoms with Crippen molar-refractivity contribution in [2.75, 3.05) is 6.61 Å². The second-order valence-corrected chi connectivity index (χ2v) is 8.24. The molecule has 2 aromatic carbocycles. The molecule has 32 heavy (non-hydrogen) atoms. The minimum absolute atomic E-state index is 0.237. The van der Waals surface area contributed by atoms with E-state index in [0.717, 1.165) is 17.0 Å². The Morgan fingerprint density at radius 2 is 1.78 bits per heavy atom. The van der Waals surface area contributed by atoms with Crippen LogP contribution in [0.25, 0.3) is 5.69 Å². The Morgan fingerprint density at radius 3 is 2.47 bits per heavy atom. The molecule has 0 fully saturated rings. The molecular weight excluding hydrogens is 450 g/mol. The maximum Gasteiger partial charge on any atom is 0.325 e. The minimum atomic E-state index is -0.558. The van der Waals surface area contributed by atoms with Gasteiger partial charge in [-0.1, -0.05) is 35.5 Å². The van der Waals surface area contributed by atoms with Gasteiger partial charge in [0.05, 0.1) is 6.61 Å². The van der Waals surface area contributed by atoms with Gasteiger partial charge in [-0.3, -0.25) is 14.3 Å². The van der Waals surface area contributed by atoms with Crippen LogP contribution in [0.5, 0.6) is 5.75 Å². The maximum absolute atomic E-state index is 11.7. The largest absolute Gasteiger partial charge is 0.494 e. The lowest BCUT2D eigenvalue weighted by molar-refractivity contribution is 0.340. The van der Waals surface area contributed by atoms with Gasteiger partial charge in [0.15, 0.2) is 5.16 Å². The van der Waals surface area contributed by atoms with E-state index in [4.69, 9.17) is 16.3 Å². The van der Waals surface area contributed by atoms with E-state index in [1.54, 1.807) is 0 Å². The lowest BCUT2D eigenvalue weighted by atomic mass is 10.2. The van der Waals surface area contributed by atoms with E-state index in [2.05, 4.69) is 20.2 Å². The molecule has 0 spiro atoms. The molecule has 0 aliphatic rings. The summed E-state index contributed by atoms with van der Waals surface area (Å²) in [4.78, 5) is 28.2. The van der Waals surface area contributed by atoms with Gasteiger partial charge in [-0.2, -0.15) is 0 Å². The molecule has 0 atom stereocenters. The van der Waals surface area contributed by atoms with E-state index in [9.17, 15) is 9.59 Å². The molecule has 0 amide bonds. The first-order valence-corrected chi connectivity index (χ1v) is 11.3. The lowest BCUT2D eigenvalue weighted by Crippen LogP contribution is -2.23. The van der Waals surface area contributed by atoms with Crippen molar-refractivity contribution in [1.29, 1.82) is 0 Å². The van der Waals surface area contributed by atoms with Gasteiger partial charge in [0.2, 0.25) is 0 Å². The molecule has 2 heterocycles. The summed E-state index contributed by atoms with van der Waals surface area (Å²) in [6.45, 7) is 2.51. The number of nitrogens with zero attached hydrogens (tertiary/aromatic N) is 3. The molecule has 0 aliphatic heterocycles. The molecule has 4 aromatic rings. The van der Waals surface area contributed by atoms with Crippen LogP contribution in [0.2, 0.25) is 5.02 Å². The molecule has 10 heteroatoms. The highest BCUT2D eigenvalue weighted by molar-refractivity contribution is 7.98. The van der Waals surface area contributed by atoms with Crippen LogP contribution in [0, 0.1) is 0 Å². The molecule has 0 saturated carbocycles. The van der Waals surface area contributed by atoms with Gasteiger partial charge in [-0.05, 0) is 48.9 Å². The van der Waals surface area contributed by atoms with E-state index < -0.39 is 11.2 Å². The van der Waals surface area contributed by atoms with Crippen LogP contribution in [0.15, 0.2) is 69.3 Å². The van der Waals surface area contributed by atoms with Gasteiger partial charge in [0.25, 0.3) is 5.56 Å². The average Bonchev–Trinajstić information content (AvgIpc) is 3.16. The lowest BCUT2D eigenvalue weighted by Gasteiger charge is -2.11. The van der Waals surface area contributed by atoms with Gasteiger partial charge in [0.1, 0.15) is 11.6 Å². The first-order chi connectivity index (χ1) is 15.5.